The highest BCUT2D eigenvalue weighted by Crippen LogP contribution is 2.21. The molecule has 1 aromatic rings. The first-order valence-electron chi connectivity index (χ1n) is 5.23. The third kappa shape index (κ3) is 3.92. The molecule has 86 valence electrons. The lowest BCUT2D eigenvalue weighted by Gasteiger charge is -2.12. The van der Waals surface area contributed by atoms with E-state index in [1.165, 1.54) is 12.1 Å². The van der Waals surface area contributed by atoms with Crippen LogP contribution in [0.5, 0.6) is 5.75 Å². The fraction of sp³-hybridized carbons (Fsp3) is 0.385. The largest absolute Gasteiger partial charge is 0.492 e. The number of nitrogens with two attached hydrogens (primary N) is 1. The van der Waals surface area contributed by atoms with Crippen LogP contribution in [0.4, 0.5) is 4.39 Å². The number of hydrogen-bond acceptors (Lipinski definition) is 2. The van der Waals surface area contributed by atoms with E-state index in [4.69, 9.17) is 16.9 Å². The number of rotatable bonds is 5. The highest BCUT2D eigenvalue weighted by Gasteiger charge is 2.07. The van der Waals surface area contributed by atoms with Crippen molar-refractivity contribution in [2.24, 2.45) is 5.73 Å². The molecular weight excluding hydrogens is 205 g/mol. The van der Waals surface area contributed by atoms with Crippen LogP contribution >= 0.6 is 0 Å². The quantitative estimate of drug-likeness (QED) is 0.610. The average molecular weight is 221 g/mol. The molecule has 0 aliphatic heterocycles. The van der Waals surface area contributed by atoms with Crippen molar-refractivity contribution >= 4 is 0 Å². The molecule has 0 heterocycles. The molecule has 1 unspecified atom stereocenters. The maximum absolute atomic E-state index is 13.1. The summed E-state index contributed by atoms with van der Waals surface area (Å²) in [5, 5.41) is 0. The molecule has 0 bridgehead atoms. The van der Waals surface area contributed by atoms with Gasteiger partial charge in [0.1, 0.15) is 11.6 Å². The SMILES string of the molecule is C#CCCOc1ccc(F)cc1CC(C)N. The molecule has 0 saturated heterocycles. The minimum atomic E-state index is -0.278. The predicted octanol–water partition coefficient (Wildman–Crippen LogP) is 2.12. The lowest BCUT2D eigenvalue weighted by molar-refractivity contribution is 0.322. The van der Waals surface area contributed by atoms with Gasteiger partial charge in [-0.1, -0.05) is 0 Å². The molecule has 1 aromatic carbocycles. The van der Waals surface area contributed by atoms with Crippen molar-refractivity contribution in [3.63, 3.8) is 0 Å². The number of halogens is 1. The van der Waals surface area contributed by atoms with Gasteiger partial charge in [0.2, 0.25) is 0 Å². The molecule has 1 atom stereocenters. The lowest BCUT2D eigenvalue weighted by atomic mass is 10.1. The Morgan fingerprint density at radius 3 is 2.94 bits per heavy atom. The van der Waals surface area contributed by atoms with Gasteiger partial charge in [0.05, 0.1) is 6.61 Å². The first-order chi connectivity index (χ1) is 7.63. The van der Waals surface area contributed by atoms with Gasteiger partial charge in [-0.25, -0.2) is 4.39 Å². The van der Waals surface area contributed by atoms with Crippen LogP contribution in [0.15, 0.2) is 18.2 Å². The number of terminal acetylenes is 1. The predicted molar refractivity (Wildman–Crippen MR) is 62.7 cm³/mol. The van der Waals surface area contributed by atoms with E-state index >= 15 is 0 Å². The summed E-state index contributed by atoms with van der Waals surface area (Å²) in [6, 6.07) is 4.41. The molecule has 2 N–H and O–H groups in total. The van der Waals surface area contributed by atoms with E-state index < -0.39 is 0 Å². The molecule has 0 aliphatic rings. The summed E-state index contributed by atoms with van der Waals surface area (Å²) in [5.74, 6) is 2.87. The normalized spacial score (nSPS) is 11.9. The van der Waals surface area contributed by atoms with Crippen LogP contribution in [-0.4, -0.2) is 12.6 Å². The van der Waals surface area contributed by atoms with Crippen LogP contribution in [0.1, 0.15) is 18.9 Å². The van der Waals surface area contributed by atoms with E-state index in [2.05, 4.69) is 5.92 Å². The molecule has 3 heteroatoms. The van der Waals surface area contributed by atoms with Crippen molar-refractivity contribution < 1.29 is 9.13 Å². The van der Waals surface area contributed by atoms with Crippen LogP contribution in [0.2, 0.25) is 0 Å². The Balaban J connectivity index is 2.77. The first-order valence-corrected chi connectivity index (χ1v) is 5.23. The van der Waals surface area contributed by atoms with Crippen LogP contribution < -0.4 is 10.5 Å². The second-order valence-electron chi connectivity index (χ2n) is 3.74. The van der Waals surface area contributed by atoms with Crippen LogP contribution in [0.25, 0.3) is 0 Å². The van der Waals surface area contributed by atoms with Gasteiger partial charge in [-0.05, 0) is 37.1 Å². The van der Waals surface area contributed by atoms with Crippen molar-refractivity contribution in [1.29, 1.82) is 0 Å². The molecule has 0 saturated carbocycles. The maximum Gasteiger partial charge on any atom is 0.123 e. The minimum Gasteiger partial charge on any atom is -0.492 e. The summed E-state index contributed by atoms with van der Waals surface area (Å²) < 4.78 is 18.5. The standard InChI is InChI=1S/C13H16FNO/c1-3-4-7-16-13-6-5-12(14)9-11(13)8-10(2)15/h1,5-6,9-10H,4,7-8,15H2,2H3. The minimum absolute atomic E-state index is 0.0308. The van der Waals surface area contributed by atoms with Crippen molar-refractivity contribution in [2.45, 2.75) is 25.8 Å². The molecule has 0 amide bonds. The Bertz CT molecular complexity index is 382. The molecule has 1 rings (SSSR count). The van der Waals surface area contributed by atoms with E-state index in [0.717, 1.165) is 5.56 Å². The van der Waals surface area contributed by atoms with Gasteiger partial charge in [-0.2, -0.15) is 0 Å². The van der Waals surface area contributed by atoms with Gasteiger partial charge in [0.25, 0.3) is 0 Å². The second kappa shape index (κ2) is 6.14. The molecule has 0 aliphatic carbocycles. The van der Waals surface area contributed by atoms with E-state index in [9.17, 15) is 4.39 Å². The molecule has 0 aromatic heterocycles. The Labute approximate surface area is 95.6 Å². The smallest absolute Gasteiger partial charge is 0.123 e. The zero-order valence-corrected chi connectivity index (χ0v) is 9.37. The zero-order chi connectivity index (χ0) is 12.0. The van der Waals surface area contributed by atoms with Crippen molar-refractivity contribution in [3.05, 3.63) is 29.6 Å². The summed E-state index contributed by atoms with van der Waals surface area (Å²) in [5.41, 5.74) is 6.47. The molecule has 0 spiro atoms. The summed E-state index contributed by atoms with van der Waals surface area (Å²) in [6.45, 7) is 2.31. The Morgan fingerprint density at radius 2 is 2.31 bits per heavy atom. The third-order valence-electron chi connectivity index (χ3n) is 2.07. The molecule has 2 nitrogen and oxygen atoms in total. The topological polar surface area (TPSA) is 35.2 Å². The number of benzene rings is 1. The number of ether oxygens (including phenoxy) is 1. The molecule has 0 fully saturated rings. The fourth-order valence-electron chi connectivity index (χ4n) is 1.42. The lowest BCUT2D eigenvalue weighted by Crippen LogP contribution is -2.18. The second-order valence-corrected chi connectivity index (χ2v) is 3.74. The van der Waals surface area contributed by atoms with Crippen molar-refractivity contribution in [2.75, 3.05) is 6.61 Å². The van der Waals surface area contributed by atoms with Gasteiger partial charge < -0.3 is 10.5 Å². The van der Waals surface area contributed by atoms with Crippen molar-refractivity contribution in [1.82, 2.24) is 0 Å². The van der Waals surface area contributed by atoms with E-state index in [1.54, 1.807) is 6.07 Å². The Morgan fingerprint density at radius 1 is 1.56 bits per heavy atom. The van der Waals surface area contributed by atoms with Crippen LogP contribution in [0, 0.1) is 18.2 Å². The monoisotopic (exact) mass is 221 g/mol. The highest BCUT2D eigenvalue weighted by molar-refractivity contribution is 5.34. The Kier molecular flexibility index (Phi) is 4.81. The van der Waals surface area contributed by atoms with Gasteiger partial charge >= 0.3 is 0 Å². The Hall–Kier alpha value is -1.53. The molecular formula is C13H16FNO. The maximum atomic E-state index is 13.1. The third-order valence-corrected chi connectivity index (χ3v) is 2.07. The molecule has 16 heavy (non-hydrogen) atoms. The summed E-state index contributed by atoms with van der Waals surface area (Å²) in [4.78, 5) is 0. The summed E-state index contributed by atoms with van der Waals surface area (Å²) in [6.07, 6.45) is 6.25. The van der Waals surface area contributed by atoms with Crippen molar-refractivity contribution in [3.8, 4) is 18.1 Å². The van der Waals surface area contributed by atoms with Gasteiger partial charge in [-0.3, -0.25) is 0 Å². The molecule has 0 radical (unpaired) electrons. The van der Waals surface area contributed by atoms with Gasteiger partial charge in [-0.15, -0.1) is 12.3 Å². The number of hydrogen-bond donors (Lipinski definition) is 1. The van der Waals surface area contributed by atoms with Crippen LogP contribution in [-0.2, 0) is 6.42 Å². The fourth-order valence-corrected chi connectivity index (χ4v) is 1.42. The average Bonchev–Trinajstić information content (AvgIpc) is 2.20. The summed E-state index contributed by atoms with van der Waals surface area (Å²) in [7, 11) is 0. The van der Waals surface area contributed by atoms with Gasteiger partial charge in [0, 0.05) is 12.5 Å². The van der Waals surface area contributed by atoms with Crippen LogP contribution in [0.3, 0.4) is 0 Å². The highest BCUT2D eigenvalue weighted by atomic mass is 19.1. The van der Waals surface area contributed by atoms with Gasteiger partial charge in [0.15, 0.2) is 0 Å². The first kappa shape index (κ1) is 12.5. The van der Waals surface area contributed by atoms with E-state index in [0.29, 0.717) is 25.2 Å². The zero-order valence-electron chi connectivity index (χ0n) is 9.37. The van der Waals surface area contributed by atoms with E-state index in [-0.39, 0.29) is 11.9 Å². The summed E-state index contributed by atoms with van der Waals surface area (Å²) >= 11 is 0. The van der Waals surface area contributed by atoms with E-state index in [1.807, 2.05) is 6.92 Å².